The van der Waals surface area contributed by atoms with E-state index in [-0.39, 0.29) is 5.41 Å². The van der Waals surface area contributed by atoms with Crippen LogP contribution in [0.1, 0.15) is 66.1 Å². The zero-order chi connectivity index (χ0) is 15.3. The molecule has 4 heteroatoms. The Kier molecular flexibility index (Phi) is 6.06. The van der Waals surface area contributed by atoms with Crippen LogP contribution in [0.3, 0.4) is 0 Å². The van der Waals surface area contributed by atoms with Gasteiger partial charge in [0.25, 0.3) is 0 Å². The molecule has 0 aliphatic rings. The number of aromatic nitrogens is 2. The fourth-order valence-corrected chi connectivity index (χ4v) is 2.86. The van der Waals surface area contributed by atoms with Crippen LogP contribution < -0.4 is 10.1 Å². The Morgan fingerprint density at radius 3 is 2.50 bits per heavy atom. The molecule has 0 saturated carbocycles. The first-order valence-electron chi connectivity index (χ1n) is 7.68. The fraction of sp³-hybridized carbons (Fsp3) is 0.812. The Balaban J connectivity index is 2.98. The quantitative estimate of drug-likeness (QED) is 0.792. The highest BCUT2D eigenvalue weighted by Gasteiger charge is 2.31. The molecule has 1 heterocycles. The molecule has 4 nitrogen and oxygen atoms in total. The highest BCUT2D eigenvalue weighted by atomic mass is 16.5. The molecule has 20 heavy (non-hydrogen) atoms. The molecule has 1 aromatic heterocycles. The predicted molar refractivity (Wildman–Crippen MR) is 84.6 cm³/mol. The van der Waals surface area contributed by atoms with Crippen LogP contribution in [0.4, 0.5) is 0 Å². The third kappa shape index (κ3) is 3.98. The van der Waals surface area contributed by atoms with Crippen LogP contribution in [0.2, 0.25) is 0 Å². The number of hydrogen-bond acceptors (Lipinski definition) is 3. The Morgan fingerprint density at radius 2 is 2.00 bits per heavy atom. The van der Waals surface area contributed by atoms with E-state index in [2.05, 4.69) is 56.6 Å². The maximum absolute atomic E-state index is 5.52. The smallest absolute Gasteiger partial charge is 0.160 e. The molecule has 0 aliphatic carbocycles. The van der Waals surface area contributed by atoms with E-state index < -0.39 is 0 Å². The first-order chi connectivity index (χ1) is 9.33. The second kappa shape index (κ2) is 7.11. The molecular weight excluding hydrogens is 250 g/mol. The molecule has 1 rings (SSSR count). The van der Waals surface area contributed by atoms with Gasteiger partial charge in [-0.1, -0.05) is 20.8 Å². The van der Waals surface area contributed by atoms with Crippen molar-refractivity contribution in [3.63, 3.8) is 0 Å². The lowest BCUT2D eigenvalue weighted by Crippen LogP contribution is -2.35. The van der Waals surface area contributed by atoms with Gasteiger partial charge in [-0.3, -0.25) is 4.68 Å². The molecular formula is C16H31N3O. The Hall–Kier alpha value is -1.03. The molecule has 116 valence electrons. The van der Waals surface area contributed by atoms with E-state index in [9.17, 15) is 0 Å². The van der Waals surface area contributed by atoms with E-state index in [4.69, 9.17) is 4.74 Å². The highest BCUT2D eigenvalue weighted by Crippen LogP contribution is 2.36. The highest BCUT2D eigenvalue weighted by molar-refractivity contribution is 5.32. The molecule has 1 unspecified atom stereocenters. The van der Waals surface area contributed by atoms with Crippen LogP contribution in [-0.4, -0.2) is 29.5 Å². The van der Waals surface area contributed by atoms with Crippen LogP contribution in [0, 0.1) is 0 Å². The summed E-state index contributed by atoms with van der Waals surface area (Å²) in [6.45, 7) is 14.4. The molecule has 0 saturated heterocycles. The molecule has 0 aliphatic heterocycles. The van der Waals surface area contributed by atoms with Crippen molar-refractivity contribution in [2.75, 3.05) is 13.7 Å². The van der Waals surface area contributed by atoms with Crippen LogP contribution in [0.15, 0.2) is 6.20 Å². The van der Waals surface area contributed by atoms with E-state index in [1.165, 1.54) is 5.69 Å². The number of nitrogens with one attached hydrogen (secondary N) is 1. The van der Waals surface area contributed by atoms with Crippen LogP contribution >= 0.6 is 0 Å². The summed E-state index contributed by atoms with van der Waals surface area (Å²) in [6, 6.07) is 0.817. The van der Waals surface area contributed by atoms with Gasteiger partial charge in [-0.25, -0.2) is 0 Å². The molecule has 0 spiro atoms. The topological polar surface area (TPSA) is 39.1 Å². The summed E-state index contributed by atoms with van der Waals surface area (Å²) in [6.07, 6.45) is 4.06. The number of methoxy groups -OCH3 is 1. The Morgan fingerprint density at radius 1 is 1.35 bits per heavy atom. The van der Waals surface area contributed by atoms with Crippen LogP contribution in [-0.2, 0) is 5.41 Å². The summed E-state index contributed by atoms with van der Waals surface area (Å²) >= 11 is 0. The second-order valence-corrected chi connectivity index (χ2v) is 6.54. The van der Waals surface area contributed by atoms with Gasteiger partial charge in [-0.05, 0) is 40.2 Å². The molecule has 0 fully saturated rings. The largest absolute Gasteiger partial charge is 0.493 e. The van der Waals surface area contributed by atoms with Gasteiger partial charge in [0.15, 0.2) is 5.75 Å². The van der Waals surface area contributed by atoms with Gasteiger partial charge in [0, 0.05) is 17.5 Å². The van der Waals surface area contributed by atoms with Crippen molar-refractivity contribution in [3.05, 3.63) is 11.9 Å². The van der Waals surface area contributed by atoms with E-state index >= 15 is 0 Å². The van der Waals surface area contributed by atoms with E-state index in [1.807, 2.05) is 6.20 Å². The SMILES string of the molecule is CCCNC(C)CC(C)(C)c1c(OC)cnn1C(C)C. The lowest BCUT2D eigenvalue weighted by Gasteiger charge is -2.31. The van der Waals surface area contributed by atoms with Gasteiger partial charge in [0.2, 0.25) is 0 Å². The average molecular weight is 281 g/mol. The molecule has 1 aromatic rings. The van der Waals surface area contributed by atoms with Gasteiger partial charge >= 0.3 is 0 Å². The van der Waals surface area contributed by atoms with Crippen molar-refractivity contribution in [3.8, 4) is 5.75 Å². The first kappa shape index (κ1) is 17.0. The van der Waals surface area contributed by atoms with Crippen molar-refractivity contribution in [2.45, 2.75) is 71.9 Å². The van der Waals surface area contributed by atoms with Gasteiger partial charge in [0.05, 0.1) is 19.0 Å². The van der Waals surface area contributed by atoms with Crippen molar-refractivity contribution in [1.29, 1.82) is 0 Å². The number of nitrogens with zero attached hydrogens (tertiary/aromatic N) is 2. The molecule has 1 atom stereocenters. The molecule has 1 N–H and O–H groups in total. The Labute approximate surface area is 123 Å². The molecule has 0 aromatic carbocycles. The van der Waals surface area contributed by atoms with Gasteiger partial charge in [-0.15, -0.1) is 0 Å². The van der Waals surface area contributed by atoms with Crippen LogP contribution in [0.5, 0.6) is 5.75 Å². The van der Waals surface area contributed by atoms with Gasteiger partial charge < -0.3 is 10.1 Å². The van der Waals surface area contributed by atoms with E-state index in [0.717, 1.165) is 25.1 Å². The zero-order valence-electron chi connectivity index (χ0n) is 14.2. The summed E-state index contributed by atoms with van der Waals surface area (Å²) < 4.78 is 7.61. The maximum Gasteiger partial charge on any atom is 0.160 e. The van der Waals surface area contributed by atoms with Gasteiger partial charge in [0.1, 0.15) is 0 Å². The number of hydrogen-bond donors (Lipinski definition) is 1. The second-order valence-electron chi connectivity index (χ2n) is 6.54. The minimum absolute atomic E-state index is 0.0201. The number of ether oxygens (including phenoxy) is 1. The summed E-state index contributed by atoms with van der Waals surface area (Å²) in [4.78, 5) is 0. The summed E-state index contributed by atoms with van der Waals surface area (Å²) in [5.41, 5.74) is 1.21. The Bertz CT molecular complexity index is 410. The minimum atomic E-state index is 0.0201. The standard InChI is InChI=1S/C16H31N3O/c1-8-9-17-13(4)10-16(5,6)15-14(20-7)11-18-19(15)12(2)3/h11-13,17H,8-10H2,1-7H3. The maximum atomic E-state index is 5.52. The fourth-order valence-electron chi connectivity index (χ4n) is 2.86. The lowest BCUT2D eigenvalue weighted by molar-refractivity contribution is 0.331. The summed E-state index contributed by atoms with van der Waals surface area (Å²) in [7, 11) is 1.72. The first-order valence-corrected chi connectivity index (χ1v) is 7.68. The van der Waals surface area contributed by atoms with Gasteiger partial charge in [-0.2, -0.15) is 5.10 Å². The predicted octanol–water partition coefficient (Wildman–Crippen LogP) is 3.53. The van der Waals surface area contributed by atoms with Crippen molar-refractivity contribution >= 4 is 0 Å². The van der Waals surface area contributed by atoms with E-state index in [0.29, 0.717) is 12.1 Å². The molecule has 0 radical (unpaired) electrons. The summed E-state index contributed by atoms with van der Waals surface area (Å²) in [5, 5.41) is 8.06. The monoisotopic (exact) mass is 281 g/mol. The molecule has 0 amide bonds. The number of rotatable bonds is 8. The normalized spacial score (nSPS) is 13.8. The van der Waals surface area contributed by atoms with Crippen molar-refractivity contribution in [1.82, 2.24) is 15.1 Å². The summed E-state index contributed by atoms with van der Waals surface area (Å²) in [5.74, 6) is 0.895. The lowest BCUT2D eigenvalue weighted by atomic mass is 9.82. The zero-order valence-corrected chi connectivity index (χ0v) is 14.2. The molecule has 0 bridgehead atoms. The van der Waals surface area contributed by atoms with Crippen LogP contribution in [0.25, 0.3) is 0 Å². The minimum Gasteiger partial charge on any atom is -0.493 e. The van der Waals surface area contributed by atoms with Crippen molar-refractivity contribution < 1.29 is 4.74 Å². The van der Waals surface area contributed by atoms with Crippen molar-refractivity contribution in [2.24, 2.45) is 0 Å². The third-order valence-electron chi connectivity index (χ3n) is 3.67. The third-order valence-corrected chi connectivity index (χ3v) is 3.67. The average Bonchev–Trinajstić information content (AvgIpc) is 2.80. The van der Waals surface area contributed by atoms with E-state index in [1.54, 1.807) is 7.11 Å².